The van der Waals surface area contributed by atoms with Crippen LogP contribution >= 0.6 is 0 Å². The lowest BCUT2D eigenvalue weighted by atomic mass is 9.98. The van der Waals surface area contributed by atoms with Gasteiger partial charge in [0.15, 0.2) is 5.65 Å². The summed E-state index contributed by atoms with van der Waals surface area (Å²) in [5.74, 6) is 0.473. The van der Waals surface area contributed by atoms with Crippen LogP contribution < -0.4 is 15.2 Å². The summed E-state index contributed by atoms with van der Waals surface area (Å²) < 4.78 is 42.8. The first-order valence-corrected chi connectivity index (χ1v) is 13.1. The second-order valence-electron chi connectivity index (χ2n) is 10.1. The van der Waals surface area contributed by atoms with Gasteiger partial charge in [-0.15, -0.1) is 13.2 Å². The van der Waals surface area contributed by atoms with E-state index >= 15 is 0 Å². The van der Waals surface area contributed by atoms with E-state index in [9.17, 15) is 18.0 Å². The van der Waals surface area contributed by atoms with Crippen LogP contribution in [0.25, 0.3) is 11.0 Å². The van der Waals surface area contributed by atoms with Crippen LogP contribution in [0.4, 0.5) is 19.1 Å². The van der Waals surface area contributed by atoms with Gasteiger partial charge in [0, 0.05) is 51.5 Å². The van der Waals surface area contributed by atoms with Gasteiger partial charge < -0.3 is 9.64 Å². The van der Waals surface area contributed by atoms with Gasteiger partial charge in [0.1, 0.15) is 5.75 Å². The Morgan fingerprint density at radius 3 is 2.47 bits per heavy atom. The number of anilines is 1. The van der Waals surface area contributed by atoms with Gasteiger partial charge in [-0.05, 0) is 62.2 Å². The van der Waals surface area contributed by atoms with Crippen molar-refractivity contribution in [3.63, 3.8) is 0 Å². The highest BCUT2D eigenvalue weighted by Gasteiger charge is 2.34. The standard InChI is InChI=1S/C27H33F3N6O2/c1-3-20-18-35(26-32-24-23(5-4-12-31-24)25(37)33(26)2)15-16-36(20)21-10-13-34(14-11-21)17-19-6-8-22(9-7-19)38-27(28,29)30/h4-9,12,20-21H,3,10-11,13-18H2,1-2H3. The van der Waals surface area contributed by atoms with E-state index in [-0.39, 0.29) is 11.3 Å². The van der Waals surface area contributed by atoms with Gasteiger partial charge in [0.25, 0.3) is 5.56 Å². The van der Waals surface area contributed by atoms with Gasteiger partial charge in [0.05, 0.1) is 5.39 Å². The number of piperazine rings is 1. The van der Waals surface area contributed by atoms with Gasteiger partial charge in [-0.2, -0.15) is 4.98 Å². The van der Waals surface area contributed by atoms with Crippen LogP contribution in [0.5, 0.6) is 5.75 Å². The average molecular weight is 531 g/mol. The zero-order valence-corrected chi connectivity index (χ0v) is 21.7. The second-order valence-corrected chi connectivity index (χ2v) is 10.1. The Kier molecular flexibility index (Phi) is 7.58. The Bertz CT molecular complexity index is 1300. The fourth-order valence-electron chi connectivity index (χ4n) is 5.74. The molecule has 0 N–H and O–H groups in total. The largest absolute Gasteiger partial charge is 0.573 e. The molecular weight excluding hydrogens is 497 g/mol. The van der Waals surface area contributed by atoms with Crippen molar-refractivity contribution < 1.29 is 17.9 Å². The summed E-state index contributed by atoms with van der Waals surface area (Å²) in [5.41, 5.74) is 1.38. The highest BCUT2D eigenvalue weighted by Crippen LogP contribution is 2.27. The van der Waals surface area contributed by atoms with Crippen LogP contribution in [0.3, 0.4) is 0 Å². The van der Waals surface area contributed by atoms with E-state index in [1.807, 2.05) is 0 Å². The number of nitrogens with zero attached hydrogens (tertiary/aromatic N) is 6. The predicted molar refractivity (Wildman–Crippen MR) is 139 cm³/mol. The summed E-state index contributed by atoms with van der Waals surface area (Å²) in [6, 6.07) is 10.5. The lowest BCUT2D eigenvalue weighted by molar-refractivity contribution is -0.274. The molecule has 8 nitrogen and oxygen atoms in total. The van der Waals surface area contributed by atoms with Crippen molar-refractivity contribution in [2.75, 3.05) is 37.6 Å². The van der Waals surface area contributed by atoms with Gasteiger partial charge in [-0.3, -0.25) is 19.2 Å². The van der Waals surface area contributed by atoms with Gasteiger partial charge in [-0.1, -0.05) is 19.1 Å². The quantitative estimate of drug-likeness (QED) is 0.481. The van der Waals surface area contributed by atoms with Crippen molar-refractivity contribution in [3.8, 4) is 5.75 Å². The highest BCUT2D eigenvalue weighted by atomic mass is 19.4. The third-order valence-electron chi connectivity index (χ3n) is 7.70. The lowest BCUT2D eigenvalue weighted by Gasteiger charge is -2.47. The van der Waals surface area contributed by atoms with E-state index in [1.165, 1.54) is 12.1 Å². The van der Waals surface area contributed by atoms with E-state index in [0.29, 0.717) is 35.6 Å². The SMILES string of the molecule is CCC1CN(c2nc3ncccc3c(=O)n2C)CCN1C1CCN(Cc2ccc(OC(F)(F)F)cc2)CC1. The maximum atomic E-state index is 12.9. The molecule has 3 aromatic rings. The molecule has 0 radical (unpaired) electrons. The number of benzene rings is 1. The molecule has 204 valence electrons. The third-order valence-corrected chi connectivity index (χ3v) is 7.70. The van der Waals surface area contributed by atoms with Crippen molar-refractivity contribution in [1.29, 1.82) is 0 Å². The van der Waals surface area contributed by atoms with E-state index in [0.717, 1.165) is 57.5 Å². The minimum atomic E-state index is -4.68. The number of aromatic nitrogens is 3. The molecule has 0 spiro atoms. The van der Waals surface area contributed by atoms with E-state index in [2.05, 4.69) is 31.3 Å². The molecule has 38 heavy (non-hydrogen) atoms. The summed E-state index contributed by atoms with van der Waals surface area (Å²) >= 11 is 0. The molecule has 0 saturated carbocycles. The molecule has 2 aromatic heterocycles. The van der Waals surface area contributed by atoms with Crippen molar-refractivity contribution in [2.45, 2.75) is 51.2 Å². The summed E-state index contributed by atoms with van der Waals surface area (Å²) in [5, 5.41) is 0.529. The minimum Gasteiger partial charge on any atom is -0.406 e. The first kappa shape index (κ1) is 26.4. The lowest BCUT2D eigenvalue weighted by Crippen LogP contribution is -2.59. The molecule has 5 rings (SSSR count). The number of rotatable bonds is 6. The van der Waals surface area contributed by atoms with Gasteiger partial charge in [0.2, 0.25) is 5.95 Å². The molecule has 2 aliphatic rings. The highest BCUT2D eigenvalue weighted by molar-refractivity contribution is 5.74. The van der Waals surface area contributed by atoms with Crippen molar-refractivity contribution in [3.05, 3.63) is 58.5 Å². The molecule has 0 aliphatic carbocycles. The molecule has 2 saturated heterocycles. The van der Waals surface area contributed by atoms with Crippen LogP contribution in [0.2, 0.25) is 0 Å². The monoisotopic (exact) mass is 530 g/mol. The zero-order chi connectivity index (χ0) is 26.9. The molecule has 0 bridgehead atoms. The number of halogens is 3. The molecule has 2 aliphatic heterocycles. The molecule has 1 aromatic carbocycles. The molecule has 0 amide bonds. The number of pyridine rings is 1. The van der Waals surface area contributed by atoms with Crippen LogP contribution in [0.1, 0.15) is 31.7 Å². The maximum Gasteiger partial charge on any atom is 0.573 e. The topological polar surface area (TPSA) is 66.7 Å². The normalized spacial score (nSPS) is 20.2. The number of piperidine rings is 1. The number of hydrogen-bond donors (Lipinski definition) is 0. The molecule has 11 heteroatoms. The Balaban J connectivity index is 1.18. The fourth-order valence-corrected chi connectivity index (χ4v) is 5.74. The number of hydrogen-bond acceptors (Lipinski definition) is 7. The molecular formula is C27H33F3N6O2. The maximum absolute atomic E-state index is 12.9. The van der Waals surface area contributed by atoms with E-state index in [4.69, 9.17) is 4.98 Å². The minimum absolute atomic E-state index is 0.0801. The van der Waals surface area contributed by atoms with Crippen LogP contribution in [0.15, 0.2) is 47.4 Å². The third kappa shape index (κ3) is 5.78. The van der Waals surface area contributed by atoms with Crippen molar-refractivity contribution in [2.24, 2.45) is 7.05 Å². The molecule has 1 unspecified atom stereocenters. The molecule has 2 fully saturated rings. The number of alkyl halides is 3. The zero-order valence-electron chi connectivity index (χ0n) is 21.7. The van der Waals surface area contributed by atoms with E-state index in [1.54, 1.807) is 42.1 Å². The Hall–Kier alpha value is -3.18. The number of likely N-dealkylation sites (tertiary alicyclic amines) is 1. The smallest absolute Gasteiger partial charge is 0.406 e. The average Bonchev–Trinajstić information content (AvgIpc) is 2.91. The van der Waals surface area contributed by atoms with Crippen LogP contribution in [-0.2, 0) is 13.6 Å². The summed E-state index contributed by atoms with van der Waals surface area (Å²) in [6.45, 7) is 7.29. The first-order chi connectivity index (χ1) is 18.2. The Morgan fingerprint density at radius 2 is 1.79 bits per heavy atom. The van der Waals surface area contributed by atoms with Crippen LogP contribution in [0, 0.1) is 0 Å². The fraction of sp³-hybridized carbons (Fsp3) is 0.519. The summed E-state index contributed by atoms with van der Waals surface area (Å²) in [4.78, 5) is 29.1. The Labute approximate surface area is 219 Å². The number of ether oxygens (including phenoxy) is 1. The van der Waals surface area contributed by atoms with Crippen molar-refractivity contribution in [1.82, 2.24) is 24.3 Å². The summed E-state index contributed by atoms with van der Waals surface area (Å²) in [7, 11) is 1.77. The number of fused-ring (bicyclic) bond motifs is 1. The van der Waals surface area contributed by atoms with Gasteiger partial charge in [-0.25, -0.2) is 4.98 Å². The Morgan fingerprint density at radius 1 is 1.05 bits per heavy atom. The first-order valence-electron chi connectivity index (χ1n) is 13.1. The summed E-state index contributed by atoms with van der Waals surface area (Å²) in [6.07, 6.45) is 0.0772. The second kappa shape index (κ2) is 10.9. The predicted octanol–water partition coefficient (Wildman–Crippen LogP) is 3.79. The van der Waals surface area contributed by atoms with Crippen molar-refractivity contribution >= 4 is 17.0 Å². The van der Waals surface area contributed by atoms with E-state index < -0.39 is 6.36 Å². The van der Waals surface area contributed by atoms with Gasteiger partial charge >= 0.3 is 6.36 Å². The molecule has 1 atom stereocenters. The van der Waals surface area contributed by atoms with Crippen LogP contribution in [-0.4, -0.2) is 75.5 Å². The molecule has 4 heterocycles.